The zero-order chi connectivity index (χ0) is 10.4. The van der Waals surface area contributed by atoms with Gasteiger partial charge in [0, 0.05) is 33.4 Å². The molecule has 1 saturated heterocycles. The lowest BCUT2D eigenvalue weighted by atomic mass is 10.0. The summed E-state index contributed by atoms with van der Waals surface area (Å²) in [4.78, 5) is 0. The smallest absolute Gasteiger partial charge is 0.0779 e. The van der Waals surface area contributed by atoms with E-state index in [-0.39, 0.29) is 5.60 Å². The van der Waals surface area contributed by atoms with E-state index in [1.54, 1.807) is 7.11 Å². The lowest BCUT2D eigenvalue weighted by Gasteiger charge is -2.24. The van der Waals surface area contributed by atoms with Crippen molar-refractivity contribution in [2.75, 3.05) is 33.4 Å². The van der Waals surface area contributed by atoms with Crippen LogP contribution in [0.15, 0.2) is 0 Å². The van der Waals surface area contributed by atoms with Gasteiger partial charge in [0.15, 0.2) is 0 Å². The van der Waals surface area contributed by atoms with Crippen LogP contribution in [0.2, 0.25) is 0 Å². The van der Waals surface area contributed by atoms with E-state index in [0.29, 0.717) is 5.92 Å². The summed E-state index contributed by atoms with van der Waals surface area (Å²) in [7, 11) is 1.75. The van der Waals surface area contributed by atoms with E-state index in [2.05, 4.69) is 19.2 Å². The SMILES string of the molecule is COCC(C)CNCC1(C)CCCO1. The number of methoxy groups -OCH3 is 1. The predicted molar refractivity (Wildman–Crippen MR) is 57.5 cm³/mol. The monoisotopic (exact) mass is 201 g/mol. The molecule has 1 rings (SSSR count). The van der Waals surface area contributed by atoms with Crippen molar-refractivity contribution in [3.05, 3.63) is 0 Å². The molecule has 1 aliphatic heterocycles. The number of hydrogen-bond donors (Lipinski definition) is 1. The molecule has 0 radical (unpaired) electrons. The molecular weight excluding hydrogens is 178 g/mol. The molecule has 1 heterocycles. The van der Waals surface area contributed by atoms with E-state index < -0.39 is 0 Å². The van der Waals surface area contributed by atoms with Crippen LogP contribution in [-0.2, 0) is 9.47 Å². The predicted octanol–water partition coefficient (Wildman–Crippen LogP) is 1.43. The van der Waals surface area contributed by atoms with Gasteiger partial charge < -0.3 is 14.8 Å². The summed E-state index contributed by atoms with van der Waals surface area (Å²) in [6.45, 7) is 8.09. The lowest BCUT2D eigenvalue weighted by molar-refractivity contribution is 0.0197. The minimum Gasteiger partial charge on any atom is -0.384 e. The summed E-state index contributed by atoms with van der Waals surface area (Å²) >= 11 is 0. The first-order valence-electron chi connectivity index (χ1n) is 5.50. The Morgan fingerprint density at radius 1 is 1.57 bits per heavy atom. The third-order valence-electron chi connectivity index (χ3n) is 2.74. The summed E-state index contributed by atoms with van der Waals surface area (Å²) in [5.74, 6) is 0.574. The second kappa shape index (κ2) is 5.69. The Hall–Kier alpha value is -0.120. The van der Waals surface area contributed by atoms with Gasteiger partial charge in [-0.15, -0.1) is 0 Å². The van der Waals surface area contributed by atoms with Crippen LogP contribution in [-0.4, -0.2) is 39.0 Å². The Labute approximate surface area is 87.2 Å². The molecule has 0 aromatic rings. The highest BCUT2D eigenvalue weighted by atomic mass is 16.5. The van der Waals surface area contributed by atoms with E-state index in [1.807, 2.05) is 0 Å². The van der Waals surface area contributed by atoms with Gasteiger partial charge in [0.2, 0.25) is 0 Å². The zero-order valence-corrected chi connectivity index (χ0v) is 9.64. The molecule has 0 bridgehead atoms. The second-order valence-corrected chi connectivity index (χ2v) is 4.59. The van der Waals surface area contributed by atoms with E-state index in [9.17, 15) is 0 Å². The van der Waals surface area contributed by atoms with Gasteiger partial charge >= 0.3 is 0 Å². The quantitative estimate of drug-likeness (QED) is 0.705. The molecule has 0 amide bonds. The normalized spacial score (nSPS) is 29.4. The maximum Gasteiger partial charge on any atom is 0.0779 e. The minimum absolute atomic E-state index is 0.0762. The molecule has 0 aromatic carbocycles. The van der Waals surface area contributed by atoms with Crippen LogP contribution in [0.3, 0.4) is 0 Å². The average molecular weight is 201 g/mol. The lowest BCUT2D eigenvalue weighted by Crippen LogP contribution is -2.39. The zero-order valence-electron chi connectivity index (χ0n) is 9.64. The molecule has 0 saturated carbocycles. The highest BCUT2D eigenvalue weighted by Crippen LogP contribution is 2.23. The minimum atomic E-state index is 0.0762. The summed E-state index contributed by atoms with van der Waals surface area (Å²) in [6.07, 6.45) is 2.38. The number of rotatable bonds is 6. The van der Waals surface area contributed by atoms with Gasteiger partial charge in [-0.2, -0.15) is 0 Å². The van der Waals surface area contributed by atoms with Crippen molar-refractivity contribution in [2.45, 2.75) is 32.3 Å². The van der Waals surface area contributed by atoms with Crippen LogP contribution >= 0.6 is 0 Å². The van der Waals surface area contributed by atoms with E-state index in [0.717, 1.165) is 26.3 Å². The Kier molecular flexibility index (Phi) is 4.85. The van der Waals surface area contributed by atoms with Gasteiger partial charge in [-0.25, -0.2) is 0 Å². The molecule has 3 heteroatoms. The molecule has 2 atom stereocenters. The highest BCUT2D eigenvalue weighted by Gasteiger charge is 2.28. The third-order valence-corrected chi connectivity index (χ3v) is 2.74. The second-order valence-electron chi connectivity index (χ2n) is 4.59. The number of ether oxygens (including phenoxy) is 2. The molecule has 1 aliphatic rings. The fourth-order valence-corrected chi connectivity index (χ4v) is 1.90. The maximum absolute atomic E-state index is 5.69. The van der Waals surface area contributed by atoms with E-state index in [1.165, 1.54) is 12.8 Å². The first kappa shape index (κ1) is 12.0. The fourth-order valence-electron chi connectivity index (χ4n) is 1.90. The fraction of sp³-hybridized carbons (Fsp3) is 1.00. The molecule has 1 fully saturated rings. The van der Waals surface area contributed by atoms with Crippen molar-refractivity contribution in [1.82, 2.24) is 5.32 Å². The van der Waals surface area contributed by atoms with Gasteiger partial charge in [0.25, 0.3) is 0 Å². The van der Waals surface area contributed by atoms with Gasteiger partial charge in [0.1, 0.15) is 0 Å². The van der Waals surface area contributed by atoms with Crippen LogP contribution < -0.4 is 5.32 Å². The van der Waals surface area contributed by atoms with Gasteiger partial charge in [0.05, 0.1) is 5.60 Å². The summed E-state index contributed by atoms with van der Waals surface area (Å²) in [5.41, 5.74) is 0.0762. The summed E-state index contributed by atoms with van der Waals surface area (Å²) in [6, 6.07) is 0. The van der Waals surface area contributed by atoms with Gasteiger partial charge in [-0.3, -0.25) is 0 Å². The Balaban J connectivity index is 2.08. The van der Waals surface area contributed by atoms with Crippen LogP contribution in [0.4, 0.5) is 0 Å². The molecule has 0 spiro atoms. The van der Waals surface area contributed by atoms with Crippen LogP contribution in [0.1, 0.15) is 26.7 Å². The number of hydrogen-bond acceptors (Lipinski definition) is 3. The van der Waals surface area contributed by atoms with Gasteiger partial charge in [-0.1, -0.05) is 6.92 Å². The largest absolute Gasteiger partial charge is 0.384 e. The van der Waals surface area contributed by atoms with Crippen LogP contribution in [0, 0.1) is 5.92 Å². The molecule has 0 aromatic heterocycles. The molecule has 2 unspecified atom stereocenters. The van der Waals surface area contributed by atoms with Crippen molar-refractivity contribution in [3.63, 3.8) is 0 Å². The summed E-state index contributed by atoms with van der Waals surface area (Å²) < 4.78 is 10.8. The molecule has 3 nitrogen and oxygen atoms in total. The van der Waals surface area contributed by atoms with Gasteiger partial charge in [-0.05, 0) is 25.7 Å². The van der Waals surface area contributed by atoms with E-state index >= 15 is 0 Å². The Morgan fingerprint density at radius 3 is 2.93 bits per heavy atom. The summed E-state index contributed by atoms with van der Waals surface area (Å²) in [5, 5.41) is 3.45. The average Bonchev–Trinajstić information content (AvgIpc) is 2.53. The van der Waals surface area contributed by atoms with Crippen LogP contribution in [0.5, 0.6) is 0 Å². The Bertz CT molecular complexity index is 155. The first-order chi connectivity index (χ1) is 6.66. The number of nitrogens with one attached hydrogen (secondary N) is 1. The molecule has 14 heavy (non-hydrogen) atoms. The van der Waals surface area contributed by atoms with Crippen molar-refractivity contribution < 1.29 is 9.47 Å². The molecular formula is C11H23NO2. The van der Waals surface area contributed by atoms with Crippen molar-refractivity contribution in [2.24, 2.45) is 5.92 Å². The molecule has 0 aliphatic carbocycles. The van der Waals surface area contributed by atoms with E-state index in [4.69, 9.17) is 9.47 Å². The van der Waals surface area contributed by atoms with Crippen LogP contribution in [0.25, 0.3) is 0 Å². The highest BCUT2D eigenvalue weighted by molar-refractivity contribution is 4.82. The van der Waals surface area contributed by atoms with Crippen molar-refractivity contribution in [1.29, 1.82) is 0 Å². The van der Waals surface area contributed by atoms with Crippen molar-refractivity contribution >= 4 is 0 Å². The standard InChI is InChI=1S/C11H23NO2/c1-10(8-13-3)7-12-9-11(2)5-4-6-14-11/h10,12H,4-9H2,1-3H3. The Morgan fingerprint density at radius 2 is 2.36 bits per heavy atom. The first-order valence-corrected chi connectivity index (χ1v) is 5.50. The molecule has 84 valence electrons. The third kappa shape index (κ3) is 3.95. The molecule has 1 N–H and O–H groups in total. The topological polar surface area (TPSA) is 30.5 Å². The van der Waals surface area contributed by atoms with Crippen molar-refractivity contribution in [3.8, 4) is 0 Å². The maximum atomic E-state index is 5.69.